The van der Waals surface area contributed by atoms with Gasteiger partial charge in [-0.1, -0.05) is 30.3 Å². The van der Waals surface area contributed by atoms with E-state index >= 15 is 0 Å². The number of hydrogen-bond donors (Lipinski definition) is 1. The molecule has 0 radical (unpaired) electrons. The highest BCUT2D eigenvalue weighted by molar-refractivity contribution is 7.18. The first kappa shape index (κ1) is 16.6. The minimum absolute atomic E-state index is 0.0664. The maximum Gasteiger partial charge on any atom is 0.261 e. The summed E-state index contributed by atoms with van der Waals surface area (Å²) in [6.45, 7) is 2.09. The van der Waals surface area contributed by atoms with Crippen LogP contribution in [0.4, 0.5) is 0 Å². The Morgan fingerprint density at radius 1 is 1.20 bits per heavy atom. The monoisotopic (exact) mass is 367 g/mol. The Balaban J connectivity index is 1.40. The number of benzene rings is 1. The molecule has 128 valence electrons. The van der Waals surface area contributed by atoms with Crippen molar-refractivity contribution in [3.63, 3.8) is 0 Å². The van der Waals surface area contributed by atoms with Crippen LogP contribution < -0.4 is 5.32 Å². The van der Waals surface area contributed by atoms with Crippen LogP contribution in [0.1, 0.15) is 39.0 Å². The molecular formula is C21H21NOS2. The molecule has 2 heterocycles. The van der Waals surface area contributed by atoms with Crippen molar-refractivity contribution in [2.24, 2.45) is 0 Å². The SMILES string of the molecule is C[C@H](CCc1ccccc1)NC(=O)c1cc2c(s1)-c1ccsc1CC2. The van der Waals surface area contributed by atoms with Gasteiger partial charge in [0.25, 0.3) is 5.91 Å². The van der Waals surface area contributed by atoms with Crippen LogP contribution in [0.5, 0.6) is 0 Å². The summed E-state index contributed by atoms with van der Waals surface area (Å²) in [6, 6.07) is 14.9. The van der Waals surface area contributed by atoms with E-state index in [0.29, 0.717) is 0 Å². The maximum atomic E-state index is 12.6. The third-order valence-electron chi connectivity index (χ3n) is 4.73. The van der Waals surface area contributed by atoms with Crippen molar-refractivity contribution in [2.75, 3.05) is 0 Å². The van der Waals surface area contributed by atoms with Crippen molar-refractivity contribution < 1.29 is 4.79 Å². The molecule has 4 rings (SSSR count). The summed E-state index contributed by atoms with van der Waals surface area (Å²) in [5.74, 6) is 0.0664. The second kappa shape index (κ2) is 7.14. The fourth-order valence-electron chi connectivity index (χ4n) is 3.33. The van der Waals surface area contributed by atoms with Gasteiger partial charge >= 0.3 is 0 Å². The molecule has 25 heavy (non-hydrogen) atoms. The average Bonchev–Trinajstić information content (AvgIpc) is 3.26. The lowest BCUT2D eigenvalue weighted by Crippen LogP contribution is -2.32. The van der Waals surface area contributed by atoms with Crippen LogP contribution in [0.2, 0.25) is 0 Å². The van der Waals surface area contributed by atoms with E-state index in [1.807, 2.05) is 17.4 Å². The fraction of sp³-hybridized carbons (Fsp3) is 0.286. The van der Waals surface area contributed by atoms with Crippen LogP contribution in [0.15, 0.2) is 47.8 Å². The molecule has 0 aliphatic heterocycles. The molecule has 2 aromatic heterocycles. The van der Waals surface area contributed by atoms with E-state index in [-0.39, 0.29) is 11.9 Å². The van der Waals surface area contributed by atoms with Gasteiger partial charge in [0.2, 0.25) is 0 Å². The standard InChI is InChI=1S/C21H21NOS2/c1-14(7-8-15-5-3-2-4-6-15)22-21(23)19-13-16-9-10-18-17(11-12-24-18)20(16)25-19/h2-6,11-14H,7-10H2,1H3,(H,22,23)/t14-/m1/s1. The van der Waals surface area contributed by atoms with Gasteiger partial charge in [-0.2, -0.15) is 0 Å². The summed E-state index contributed by atoms with van der Waals surface area (Å²) in [7, 11) is 0. The Hall–Kier alpha value is -1.91. The fourth-order valence-corrected chi connectivity index (χ4v) is 5.45. The third kappa shape index (κ3) is 3.55. The average molecular weight is 368 g/mol. The van der Waals surface area contributed by atoms with E-state index in [1.54, 1.807) is 11.3 Å². The maximum absolute atomic E-state index is 12.6. The van der Waals surface area contributed by atoms with Gasteiger partial charge < -0.3 is 5.32 Å². The molecule has 0 bridgehead atoms. The van der Waals surface area contributed by atoms with Crippen molar-refractivity contribution in [2.45, 2.75) is 38.6 Å². The summed E-state index contributed by atoms with van der Waals surface area (Å²) in [4.78, 5) is 16.2. The quantitative estimate of drug-likeness (QED) is 0.649. The van der Waals surface area contributed by atoms with E-state index in [1.165, 1.54) is 26.4 Å². The molecule has 1 N–H and O–H groups in total. The van der Waals surface area contributed by atoms with E-state index in [4.69, 9.17) is 0 Å². The Bertz CT molecular complexity index is 878. The lowest BCUT2D eigenvalue weighted by molar-refractivity contribution is 0.0942. The van der Waals surface area contributed by atoms with E-state index in [0.717, 1.165) is 30.6 Å². The van der Waals surface area contributed by atoms with Gasteiger partial charge in [0.15, 0.2) is 0 Å². The predicted octanol–water partition coefficient (Wildman–Crippen LogP) is 5.33. The molecule has 0 saturated heterocycles. The van der Waals surface area contributed by atoms with Crippen LogP contribution in [-0.2, 0) is 19.3 Å². The summed E-state index contributed by atoms with van der Waals surface area (Å²) in [5.41, 5.74) is 3.99. The number of amides is 1. The molecule has 3 aromatic rings. The number of carbonyl (C=O) groups is 1. The first-order valence-corrected chi connectivity index (χ1v) is 10.4. The Morgan fingerprint density at radius 2 is 2.04 bits per heavy atom. The highest BCUT2D eigenvalue weighted by Crippen LogP contribution is 2.41. The molecule has 0 unspecified atom stereocenters. The van der Waals surface area contributed by atoms with Crippen molar-refractivity contribution in [1.29, 1.82) is 0 Å². The topological polar surface area (TPSA) is 29.1 Å². The van der Waals surface area contributed by atoms with Crippen LogP contribution >= 0.6 is 22.7 Å². The first-order chi connectivity index (χ1) is 12.2. The molecule has 1 aliphatic rings. The van der Waals surface area contributed by atoms with Gasteiger partial charge in [-0.15, -0.1) is 22.7 Å². The Kier molecular flexibility index (Phi) is 4.73. The van der Waals surface area contributed by atoms with E-state index < -0.39 is 0 Å². The molecule has 1 atom stereocenters. The molecule has 0 saturated carbocycles. The number of rotatable bonds is 5. The second-order valence-corrected chi connectivity index (χ2v) is 8.67. The molecule has 1 amide bonds. The van der Waals surface area contributed by atoms with Crippen molar-refractivity contribution in [1.82, 2.24) is 5.32 Å². The van der Waals surface area contributed by atoms with Crippen LogP contribution in [0.3, 0.4) is 0 Å². The minimum atomic E-state index is 0.0664. The number of carbonyl (C=O) groups excluding carboxylic acids is 1. The number of hydrogen-bond acceptors (Lipinski definition) is 3. The van der Waals surface area contributed by atoms with Gasteiger partial charge in [-0.05, 0) is 61.2 Å². The lowest BCUT2D eigenvalue weighted by atomic mass is 9.98. The van der Waals surface area contributed by atoms with Crippen molar-refractivity contribution in [3.8, 4) is 10.4 Å². The third-order valence-corrected chi connectivity index (χ3v) is 6.92. The molecule has 1 aromatic carbocycles. The normalized spacial score (nSPS) is 13.8. The molecule has 1 aliphatic carbocycles. The highest BCUT2D eigenvalue weighted by Gasteiger charge is 2.22. The number of nitrogens with one attached hydrogen (secondary N) is 1. The molecular weight excluding hydrogens is 346 g/mol. The van der Waals surface area contributed by atoms with Gasteiger partial charge in [-0.25, -0.2) is 0 Å². The highest BCUT2D eigenvalue weighted by atomic mass is 32.1. The van der Waals surface area contributed by atoms with Gasteiger partial charge in [0.1, 0.15) is 0 Å². The summed E-state index contributed by atoms with van der Waals surface area (Å²) < 4.78 is 0. The summed E-state index contributed by atoms with van der Waals surface area (Å²) >= 11 is 3.47. The first-order valence-electron chi connectivity index (χ1n) is 8.75. The largest absolute Gasteiger partial charge is 0.349 e. The Labute approximate surface area is 156 Å². The van der Waals surface area contributed by atoms with Crippen molar-refractivity contribution in [3.05, 3.63) is 68.7 Å². The minimum Gasteiger partial charge on any atom is -0.349 e. The second-order valence-electron chi connectivity index (χ2n) is 6.62. The number of aryl methyl sites for hydroxylation is 3. The van der Waals surface area contributed by atoms with E-state index in [2.05, 4.69) is 54.0 Å². The Morgan fingerprint density at radius 3 is 2.88 bits per heavy atom. The molecule has 2 nitrogen and oxygen atoms in total. The predicted molar refractivity (Wildman–Crippen MR) is 107 cm³/mol. The molecule has 0 spiro atoms. The van der Waals surface area contributed by atoms with Gasteiger partial charge in [-0.3, -0.25) is 4.79 Å². The number of thiophene rings is 2. The van der Waals surface area contributed by atoms with E-state index in [9.17, 15) is 4.79 Å². The van der Waals surface area contributed by atoms with Crippen LogP contribution in [0.25, 0.3) is 10.4 Å². The zero-order valence-electron chi connectivity index (χ0n) is 14.2. The lowest BCUT2D eigenvalue weighted by Gasteiger charge is -2.13. The van der Waals surface area contributed by atoms with Crippen molar-refractivity contribution >= 4 is 28.6 Å². The molecule has 4 heteroatoms. The molecule has 0 fully saturated rings. The van der Waals surface area contributed by atoms with Gasteiger partial charge in [0.05, 0.1) is 4.88 Å². The number of fused-ring (bicyclic) bond motifs is 3. The zero-order chi connectivity index (χ0) is 17.2. The summed E-state index contributed by atoms with van der Waals surface area (Å²) in [5, 5.41) is 5.33. The van der Waals surface area contributed by atoms with Crippen LogP contribution in [-0.4, -0.2) is 11.9 Å². The summed E-state index contributed by atoms with van der Waals surface area (Å²) in [6.07, 6.45) is 4.10. The smallest absolute Gasteiger partial charge is 0.261 e. The zero-order valence-corrected chi connectivity index (χ0v) is 15.9. The van der Waals surface area contributed by atoms with Crippen LogP contribution in [0, 0.1) is 0 Å². The van der Waals surface area contributed by atoms with Gasteiger partial charge in [0, 0.05) is 21.4 Å².